The van der Waals surface area contributed by atoms with Crippen molar-refractivity contribution >= 4 is 33.2 Å². The van der Waals surface area contributed by atoms with Crippen LogP contribution in [0.25, 0.3) is 0 Å². The number of benzene rings is 3. The highest BCUT2D eigenvalue weighted by Gasteiger charge is 2.27. The van der Waals surface area contributed by atoms with Crippen LogP contribution in [0.4, 0.5) is 5.69 Å². The average molecular weight is 445 g/mol. The van der Waals surface area contributed by atoms with Crippen LogP contribution in [0.3, 0.4) is 0 Å². The molecule has 6 nitrogen and oxygen atoms in total. The van der Waals surface area contributed by atoms with E-state index in [2.05, 4.69) is 5.32 Å². The summed E-state index contributed by atoms with van der Waals surface area (Å²) in [5.74, 6) is -0.464. The van der Waals surface area contributed by atoms with E-state index in [0.29, 0.717) is 10.7 Å². The number of hydrogen-bond donors (Lipinski definition) is 2. The molecule has 0 aliphatic heterocycles. The summed E-state index contributed by atoms with van der Waals surface area (Å²) in [6.45, 7) is -0.0511. The van der Waals surface area contributed by atoms with Gasteiger partial charge in [-0.1, -0.05) is 60.1 Å². The fourth-order valence-corrected chi connectivity index (χ4v) is 4.71. The Morgan fingerprint density at radius 3 is 2.37 bits per heavy atom. The molecule has 0 saturated carbocycles. The molecule has 8 heteroatoms. The molecule has 0 radical (unpaired) electrons. The van der Waals surface area contributed by atoms with Crippen molar-refractivity contribution in [2.75, 3.05) is 17.5 Å². The molecule has 0 aliphatic rings. The van der Waals surface area contributed by atoms with Crippen LogP contribution in [0.1, 0.15) is 15.9 Å². The molecule has 3 rings (SSSR count). The normalized spacial score (nSPS) is 11.1. The molecule has 1 amide bonds. The predicted molar refractivity (Wildman–Crippen MR) is 117 cm³/mol. The van der Waals surface area contributed by atoms with Gasteiger partial charge in [0.15, 0.2) is 0 Å². The lowest BCUT2D eigenvalue weighted by Crippen LogP contribution is -2.31. The molecule has 0 saturated heterocycles. The van der Waals surface area contributed by atoms with E-state index in [1.54, 1.807) is 24.3 Å². The Kier molecular flexibility index (Phi) is 7.10. The maximum atomic E-state index is 13.6. The van der Waals surface area contributed by atoms with E-state index in [-0.39, 0.29) is 30.2 Å². The second kappa shape index (κ2) is 9.75. The van der Waals surface area contributed by atoms with Crippen LogP contribution in [0.15, 0.2) is 83.8 Å². The summed E-state index contributed by atoms with van der Waals surface area (Å²) in [4.78, 5) is 12.2. The van der Waals surface area contributed by atoms with E-state index in [9.17, 15) is 13.2 Å². The van der Waals surface area contributed by atoms with E-state index < -0.39 is 15.9 Å². The Morgan fingerprint density at radius 2 is 1.67 bits per heavy atom. The first-order chi connectivity index (χ1) is 14.4. The number of hydrogen-bond acceptors (Lipinski definition) is 4. The summed E-state index contributed by atoms with van der Waals surface area (Å²) in [7, 11) is -4.03. The third kappa shape index (κ3) is 4.99. The number of nitrogens with one attached hydrogen (secondary N) is 1. The van der Waals surface area contributed by atoms with Crippen LogP contribution in [-0.2, 0) is 16.6 Å². The number of nitrogens with zero attached hydrogens (tertiary/aromatic N) is 1. The van der Waals surface area contributed by atoms with E-state index in [0.717, 1.165) is 5.56 Å². The van der Waals surface area contributed by atoms with E-state index in [1.807, 2.05) is 30.3 Å². The Hall–Kier alpha value is -2.87. The predicted octanol–water partition coefficient (Wildman–Crippen LogP) is 3.46. The topological polar surface area (TPSA) is 86.7 Å². The molecule has 0 spiro atoms. The summed E-state index contributed by atoms with van der Waals surface area (Å²) >= 11 is 6.32. The molecule has 0 atom stereocenters. The third-order valence-corrected chi connectivity index (χ3v) is 6.45. The molecule has 30 heavy (non-hydrogen) atoms. The van der Waals surface area contributed by atoms with Crippen LogP contribution in [-0.4, -0.2) is 32.6 Å². The van der Waals surface area contributed by atoms with Crippen molar-refractivity contribution < 1.29 is 18.3 Å². The maximum absolute atomic E-state index is 13.6. The molecule has 0 aliphatic carbocycles. The molecule has 3 aromatic carbocycles. The van der Waals surface area contributed by atoms with Gasteiger partial charge < -0.3 is 10.4 Å². The second-order valence-corrected chi connectivity index (χ2v) is 8.73. The van der Waals surface area contributed by atoms with Gasteiger partial charge in [0.25, 0.3) is 15.9 Å². The molecule has 2 N–H and O–H groups in total. The van der Waals surface area contributed by atoms with Gasteiger partial charge in [-0.05, 0) is 35.9 Å². The van der Waals surface area contributed by atoms with Gasteiger partial charge in [-0.2, -0.15) is 0 Å². The van der Waals surface area contributed by atoms with Crippen molar-refractivity contribution in [2.24, 2.45) is 0 Å². The molecule has 0 heterocycles. The van der Waals surface area contributed by atoms with Gasteiger partial charge in [0.05, 0.1) is 28.8 Å². The minimum Gasteiger partial charge on any atom is -0.395 e. The number of aliphatic hydroxyl groups is 1. The molecular weight excluding hydrogens is 424 g/mol. The largest absolute Gasteiger partial charge is 0.395 e. The molecule has 3 aromatic rings. The van der Waals surface area contributed by atoms with Crippen LogP contribution < -0.4 is 9.62 Å². The number of carbonyl (C=O) groups excluding carboxylic acids is 1. The minimum atomic E-state index is -4.03. The number of anilines is 1. The molecule has 156 valence electrons. The lowest BCUT2D eigenvalue weighted by Gasteiger charge is -2.26. The molecule has 0 unspecified atom stereocenters. The van der Waals surface area contributed by atoms with Gasteiger partial charge in [0.1, 0.15) is 0 Å². The fraction of sp³-hybridized carbons (Fsp3) is 0.136. The van der Waals surface area contributed by atoms with Crippen LogP contribution >= 0.6 is 11.6 Å². The van der Waals surface area contributed by atoms with Gasteiger partial charge >= 0.3 is 0 Å². The second-order valence-electron chi connectivity index (χ2n) is 6.46. The summed E-state index contributed by atoms with van der Waals surface area (Å²) in [6.07, 6.45) is 0. The maximum Gasteiger partial charge on any atom is 0.264 e. The number of para-hydroxylation sites is 1. The summed E-state index contributed by atoms with van der Waals surface area (Å²) < 4.78 is 28.4. The Labute approximate surface area is 180 Å². The zero-order chi connectivity index (χ0) is 21.6. The average Bonchev–Trinajstić information content (AvgIpc) is 2.77. The van der Waals surface area contributed by atoms with Crippen molar-refractivity contribution in [3.05, 3.63) is 95.0 Å². The van der Waals surface area contributed by atoms with Crippen molar-refractivity contribution in [1.29, 1.82) is 0 Å². The van der Waals surface area contributed by atoms with Crippen molar-refractivity contribution in [2.45, 2.75) is 11.4 Å². The molecular formula is C22H21ClN2O4S. The number of amides is 1. The van der Waals surface area contributed by atoms with Gasteiger partial charge in [0.2, 0.25) is 0 Å². The first-order valence-electron chi connectivity index (χ1n) is 9.24. The van der Waals surface area contributed by atoms with Gasteiger partial charge in [-0.25, -0.2) is 8.42 Å². The number of carbonyl (C=O) groups is 1. The number of sulfonamides is 1. The summed E-state index contributed by atoms with van der Waals surface area (Å²) in [5, 5.41) is 11.7. The first-order valence-corrected chi connectivity index (χ1v) is 11.1. The van der Waals surface area contributed by atoms with Gasteiger partial charge in [0, 0.05) is 12.1 Å². The molecule has 0 fully saturated rings. The van der Waals surface area contributed by atoms with E-state index in [1.165, 1.54) is 28.6 Å². The summed E-state index contributed by atoms with van der Waals surface area (Å²) in [5.41, 5.74) is 1.32. The highest BCUT2D eigenvalue weighted by Crippen LogP contribution is 2.32. The van der Waals surface area contributed by atoms with E-state index >= 15 is 0 Å². The third-order valence-electron chi connectivity index (χ3n) is 4.37. The summed E-state index contributed by atoms with van der Waals surface area (Å²) in [6, 6.07) is 21.7. The lowest BCUT2D eigenvalue weighted by molar-refractivity contribution is 0.0944. The SMILES string of the molecule is O=C(NCCO)c1cccc(S(=O)(=O)N(Cc2ccccc2)c2ccccc2Cl)c1. The Balaban J connectivity index is 2.04. The van der Waals surface area contributed by atoms with Crippen molar-refractivity contribution in [3.8, 4) is 0 Å². The number of aliphatic hydroxyl groups excluding tert-OH is 1. The highest BCUT2D eigenvalue weighted by atomic mass is 35.5. The first kappa shape index (κ1) is 21.8. The van der Waals surface area contributed by atoms with Gasteiger partial charge in [-0.15, -0.1) is 0 Å². The molecule has 0 aromatic heterocycles. The monoisotopic (exact) mass is 444 g/mol. The molecule has 0 bridgehead atoms. The highest BCUT2D eigenvalue weighted by molar-refractivity contribution is 7.92. The van der Waals surface area contributed by atoms with Gasteiger partial charge in [-0.3, -0.25) is 9.10 Å². The smallest absolute Gasteiger partial charge is 0.264 e. The Bertz CT molecular complexity index is 1120. The van der Waals surface area contributed by atoms with Crippen LogP contribution in [0, 0.1) is 0 Å². The van der Waals surface area contributed by atoms with E-state index in [4.69, 9.17) is 16.7 Å². The standard InChI is InChI=1S/C22H21ClN2O4S/c23-20-11-4-5-12-21(20)25(16-17-7-2-1-3-8-17)30(28,29)19-10-6-9-18(15-19)22(27)24-13-14-26/h1-12,15,26H,13-14,16H2,(H,24,27). The van der Waals surface area contributed by atoms with Crippen molar-refractivity contribution in [1.82, 2.24) is 5.32 Å². The minimum absolute atomic E-state index is 0.0324. The number of halogens is 1. The van der Waals surface area contributed by atoms with Crippen LogP contribution in [0.2, 0.25) is 5.02 Å². The van der Waals surface area contributed by atoms with Crippen molar-refractivity contribution in [3.63, 3.8) is 0 Å². The zero-order valence-electron chi connectivity index (χ0n) is 16.0. The number of rotatable bonds is 8. The lowest BCUT2D eigenvalue weighted by atomic mass is 10.2. The fourth-order valence-electron chi connectivity index (χ4n) is 2.90. The Morgan fingerprint density at radius 1 is 0.967 bits per heavy atom. The zero-order valence-corrected chi connectivity index (χ0v) is 17.6. The quantitative estimate of drug-likeness (QED) is 0.557. The van der Waals surface area contributed by atoms with Crippen LogP contribution in [0.5, 0.6) is 0 Å².